The molecule has 0 saturated carbocycles. The summed E-state index contributed by atoms with van der Waals surface area (Å²) in [5, 5.41) is 3.97. The van der Waals surface area contributed by atoms with Crippen LogP contribution < -0.4 is 10.1 Å². The smallest absolute Gasteiger partial charge is 0.147 e. The normalized spacial score (nSPS) is 10.9. The molecular weight excluding hydrogens is 352 g/mol. The minimum atomic E-state index is 0.554. The summed E-state index contributed by atoms with van der Waals surface area (Å²) in [5.41, 5.74) is 1.21. The second-order valence-corrected chi connectivity index (χ2v) is 6.52. The maximum absolute atomic E-state index is 5.90. The van der Waals surface area contributed by atoms with E-state index in [0.717, 1.165) is 23.3 Å². The molecule has 0 aliphatic rings. The Balaban J connectivity index is 2.02. The molecule has 21 heavy (non-hydrogen) atoms. The zero-order chi connectivity index (χ0) is 15.2. The molecule has 0 unspecified atom stereocenters. The minimum absolute atomic E-state index is 0.554. The zero-order valence-corrected chi connectivity index (χ0v) is 14.4. The van der Waals surface area contributed by atoms with Crippen molar-refractivity contribution in [3.05, 3.63) is 51.7 Å². The molecule has 0 aliphatic heterocycles. The molecule has 1 aromatic heterocycles. The monoisotopic (exact) mass is 368 g/mol. The van der Waals surface area contributed by atoms with Gasteiger partial charge in [-0.3, -0.25) is 4.98 Å². The molecule has 0 saturated heterocycles. The lowest BCUT2D eigenvalue weighted by molar-refractivity contribution is 0.476. The lowest BCUT2D eigenvalue weighted by Gasteiger charge is -2.11. The van der Waals surface area contributed by atoms with Gasteiger partial charge in [0.15, 0.2) is 0 Å². The second-order valence-electron chi connectivity index (χ2n) is 5.23. The van der Waals surface area contributed by atoms with Gasteiger partial charge < -0.3 is 10.1 Å². The third kappa shape index (κ3) is 5.30. The average molecular weight is 370 g/mol. The van der Waals surface area contributed by atoms with E-state index in [1.165, 1.54) is 5.56 Å². The summed E-state index contributed by atoms with van der Waals surface area (Å²) in [6, 6.07) is 7.78. The maximum Gasteiger partial charge on any atom is 0.147 e. The molecule has 0 aliphatic carbocycles. The van der Waals surface area contributed by atoms with Crippen LogP contribution in [0.3, 0.4) is 0 Å². The summed E-state index contributed by atoms with van der Waals surface area (Å²) >= 11 is 9.43. The largest absolute Gasteiger partial charge is 0.455 e. The van der Waals surface area contributed by atoms with E-state index in [1.54, 1.807) is 18.5 Å². The van der Waals surface area contributed by atoms with Crippen molar-refractivity contribution >= 4 is 27.5 Å². The summed E-state index contributed by atoms with van der Waals surface area (Å²) in [7, 11) is 0. The SMILES string of the molecule is CC(C)CNCc1ccc(Oc2cncc(Cl)c2)c(Br)c1. The van der Waals surface area contributed by atoms with E-state index in [9.17, 15) is 0 Å². The predicted octanol–water partition coefficient (Wildman–Crippen LogP) is 5.04. The summed E-state index contributed by atoms with van der Waals surface area (Å²) in [6.07, 6.45) is 3.21. The molecule has 0 atom stereocenters. The van der Waals surface area contributed by atoms with Gasteiger partial charge in [0.1, 0.15) is 11.5 Å². The van der Waals surface area contributed by atoms with Crippen LogP contribution in [0.1, 0.15) is 19.4 Å². The fourth-order valence-corrected chi connectivity index (χ4v) is 2.49. The summed E-state index contributed by atoms with van der Waals surface area (Å²) in [5.74, 6) is 2.01. The maximum atomic E-state index is 5.90. The molecule has 0 radical (unpaired) electrons. The number of ether oxygens (including phenoxy) is 1. The van der Waals surface area contributed by atoms with Crippen molar-refractivity contribution in [2.24, 2.45) is 5.92 Å². The third-order valence-electron chi connectivity index (χ3n) is 2.79. The van der Waals surface area contributed by atoms with Crippen LogP contribution in [0.25, 0.3) is 0 Å². The van der Waals surface area contributed by atoms with Crippen molar-refractivity contribution < 1.29 is 4.74 Å². The van der Waals surface area contributed by atoms with Crippen molar-refractivity contribution in [1.82, 2.24) is 10.3 Å². The van der Waals surface area contributed by atoms with Gasteiger partial charge in [-0.2, -0.15) is 0 Å². The number of nitrogens with zero attached hydrogens (tertiary/aromatic N) is 1. The predicted molar refractivity (Wildman–Crippen MR) is 90.0 cm³/mol. The van der Waals surface area contributed by atoms with Gasteiger partial charge in [0.2, 0.25) is 0 Å². The Labute approximate surface area is 138 Å². The van der Waals surface area contributed by atoms with Crippen molar-refractivity contribution in [1.29, 1.82) is 0 Å². The van der Waals surface area contributed by atoms with Crippen molar-refractivity contribution in [2.75, 3.05) is 6.54 Å². The zero-order valence-electron chi connectivity index (χ0n) is 12.1. The van der Waals surface area contributed by atoms with Gasteiger partial charge in [-0.15, -0.1) is 0 Å². The van der Waals surface area contributed by atoms with E-state index >= 15 is 0 Å². The van der Waals surface area contributed by atoms with Crippen molar-refractivity contribution in [3.63, 3.8) is 0 Å². The number of aromatic nitrogens is 1. The van der Waals surface area contributed by atoms with Crippen LogP contribution >= 0.6 is 27.5 Å². The van der Waals surface area contributed by atoms with Crippen LogP contribution in [0.2, 0.25) is 5.02 Å². The fourth-order valence-electron chi connectivity index (χ4n) is 1.82. The van der Waals surface area contributed by atoms with Crippen LogP contribution in [0.15, 0.2) is 41.1 Å². The van der Waals surface area contributed by atoms with E-state index in [4.69, 9.17) is 16.3 Å². The number of hydrogen-bond acceptors (Lipinski definition) is 3. The van der Waals surface area contributed by atoms with Gasteiger partial charge in [0.25, 0.3) is 0 Å². The number of rotatable bonds is 6. The highest BCUT2D eigenvalue weighted by Gasteiger charge is 2.05. The molecule has 0 amide bonds. The molecule has 2 rings (SSSR count). The fraction of sp³-hybridized carbons (Fsp3) is 0.312. The van der Waals surface area contributed by atoms with E-state index in [1.807, 2.05) is 12.1 Å². The molecular formula is C16H18BrClN2O. The van der Waals surface area contributed by atoms with Crippen LogP contribution in [0, 0.1) is 5.92 Å². The van der Waals surface area contributed by atoms with Crippen LogP contribution in [-0.2, 0) is 6.54 Å². The molecule has 0 spiro atoms. The first-order valence-electron chi connectivity index (χ1n) is 6.82. The minimum Gasteiger partial charge on any atom is -0.455 e. The first kappa shape index (κ1) is 16.3. The van der Waals surface area contributed by atoms with Gasteiger partial charge in [0, 0.05) is 18.8 Å². The number of nitrogens with one attached hydrogen (secondary N) is 1. The quantitative estimate of drug-likeness (QED) is 0.775. The number of halogens is 2. The molecule has 0 bridgehead atoms. The lowest BCUT2D eigenvalue weighted by atomic mass is 10.2. The Morgan fingerprint density at radius 1 is 1.29 bits per heavy atom. The molecule has 1 aromatic carbocycles. The Morgan fingerprint density at radius 3 is 2.76 bits per heavy atom. The van der Waals surface area contributed by atoms with Gasteiger partial charge in [0.05, 0.1) is 15.7 Å². The van der Waals surface area contributed by atoms with Crippen molar-refractivity contribution in [2.45, 2.75) is 20.4 Å². The molecule has 1 N–H and O–H groups in total. The molecule has 0 fully saturated rings. The number of benzene rings is 1. The van der Waals surface area contributed by atoms with Gasteiger partial charge in [-0.05, 0) is 46.1 Å². The summed E-state index contributed by atoms with van der Waals surface area (Å²) < 4.78 is 6.68. The van der Waals surface area contributed by atoms with Gasteiger partial charge in [-0.25, -0.2) is 0 Å². The first-order valence-corrected chi connectivity index (χ1v) is 7.99. The van der Waals surface area contributed by atoms with E-state index < -0.39 is 0 Å². The van der Waals surface area contributed by atoms with Gasteiger partial charge >= 0.3 is 0 Å². The molecule has 3 nitrogen and oxygen atoms in total. The van der Waals surface area contributed by atoms with Crippen LogP contribution in [0.5, 0.6) is 11.5 Å². The van der Waals surface area contributed by atoms with Crippen molar-refractivity contribution in [3.8, 4) is 11.5 Å². The Bertz CT molecular complexity index is 605. The highest BCUT2D eigenvalue weighted by Crippen LogP contribution is 2.31. The van der Waals surface area contributed by atoms with Gasteiger partial charge in [-0.1, -0.05) is 31.5 Å². The summed E-state index contributed by atoms with van der Waals surface area (Å²) in [4.78, 5) is 4.00. The topological polar surface area (TPSA) is 34.1 Å². The summed E-state index contributed by atoms with van der Waals surface area (Å²) in [6.45, 7) is 6.23. The lowest BCUT2D eigenvalue weighted by Crippen LogP contribution is -2.18. The van der Waals surface area contributed by atoms with E-state index in [-0.39, 0.29) is 0 Å². The molecule has 2 aromatic rings. The average Bonchev–Trinajstić information content (AvgIpc) is 2.41. The Hall–Kier alpha value is -1.10. The Morgan fingerprint density at radius 2 is 2.10 bits per heavy atom. The van der Waals surface area contributed by atoms with Crippen LogP contribution in [0.4, 0.5) is 0 Å². The number of hydrogen-bond donors (Lipinski definition) is 1. The molecule has 1 heterocycles. The van der Waals surface area contributed by atoms with E-state index in [2.05, 4.69) is 46.1 Å². The number of pyridine rings is 1. The van der Waals surface area contributed by atoms with Crippen LogP contribution in [-0.4, -0.2) is 11.5 Å². The third-order valence-corrected chi connectivity index (χ3v) is 3.61. The standard InChI is InChI=1S/C16H18BrClN2O/c1-11(2)7-19-8-12-3-4-16(15(17)5-12)21-14-6-13(18)9-20-10-14/h3-6,9-11,19H,7-8H2,1-2H3. The first-order chi connectivity index (χ1) is 10.0. The second kappa shape index (κ2) is 7.78. The highest BCUT2D eigenvalue weighted by atomic mass is 79.9. The Kier molecular flexibility index (Phi) is 6.03. The molecule has 5 heteroatoms. The van der Waals surface area contributed by atoms with E-state index in [0.29, 0.717) is 16.7 Å². The molecule has 112 valence electrons. The highest BCUT2D eigenvalue weighted by molar-refractivity contribution is 9.10.